The molecule has 1 unspecified atom stereocenters. The summed E-state index contributed by atoms with van der Waals surface area (Å²) >= 11 is 0. The molecule has 116 valence electrons. The van der Waals surface area contributed by atoms with Crippen LogP contribution in [0.15, 0.2) is 36.9 Å². The molecule has 2 aromatic rings. The molecule has 0 aliphatic rings. The molecule has 0 saturated heterocycles. The van der Waals surface area contributed by atoms with E-state index in [9.17, 15) is 14.3 Å². The van der Waals surface area contributed by atoms with Crippen LogP contribution in [0.1, 0.15) is 18.9 Å². The third-order valence-corrected chi connectivity index (χ3v) is 3.11. The second-order valence-electron chi connectivity index (χ2n) is 4.91. The first-order valence-electron chi connectivity index (χ1n) is 6.75. The number of benzene rings is 1. The van der Waals surface area contributed by atoms with E-state index in [1.54, 1.807) is 24.5 Å². The lowest BCUT2D eigenvalue weighted by Gasteiger charge is -2.13. The first-order chi connectivity index (χ1) is 10.5. The zero-order valence-corrected chi connectivity index (χ0v) is 12.1. The third kappa shape index (κ3) is 3.98. The van der Waals surface area contributed by atoms with E-state index in [2.05, 4.69) is 10.3 Å². The lowest BCUT2D eigenvalue weighted by molar-refractivity contribution is -0.119. The van der Waals surface area contributed by atoms with Crippen molar-refractivity contribution < 1.29 is 14.3 Å². The fraction of sp³-hybridized carbons (Fsp3) is 0.267. The molecule has 0 spiro atoms. The summed E-state index contributed by atoms with van der Waals surface area (Å²) in [6.07, 6.45) is 3.81. The van der Waals surface area contributed by atoms with Crippen LogP contribution in [0.4, 0.5) is 4.39 Å². The van der Waals surface area contributed by atoms with Gasteiger partial charge < -0.3 is 20.4 Å². The number of carbonyl (C=O) groups excluding carboxylic acids is 1. The number of aromatic nitrogens is 2. The Morgan fingerprint density at radius 3 is 2.91 bits per heavy atom. The largest absolute Gasteiger partial charge is 0.391 e. The van der Waals surface area contributed by atoms with Crippen molar-refractivity contribution in [2.75, 3.05) is 6.54 Å². The van der Waals surface area contributed by atoms with Gasteiger partial charge >= 0.3 is 0 Å². The van der Waals surface area contributed by atoms with Gasteiger partial charge in [0.05, 0.1) is 18.1 Å². The average Bonchev–Trinajstić information content (AvgIpc) is 2.98. The molecule has 3 N–H and O–H groups in total. The summed E-state index contributed by atoms with van der Waals surface area (Å²) < 4.78 is 15.6. The van der Waals surface area contributed by atoms with Crippen LogP contribution < -0.4 is 5.32 Å². The van der Waals surface area contributed by atoms with Crippen molar-refractivity contribution in [1.29, 1.82) is 5.41 Å². The minimum Gasteiger partial charge on any atom is -0.391 e. The van der Waals surface area contributed by atoms with Crippen LogP contribution in [-0.4, -0.2) is 38.9 Å². The van der Waals surface area contributed by atoms with Crippen molar-refractivity contribution in [1.82, 2.24) is 14.9 Å². The number of hydrogen-bond donors (Lipinski definition) is 3. The van der Waals surface area contributed by atoms with Gasteiger partial charge in [0.15, 0.2) is 0 Å². The van der Waals surface area contributed by atoms with Crippen LogP contribution in [0.5, 0.6) is 0 Å². The zero-order chi connectivity index (χ0) is 16.1. The van der Waals surface area contributed by atoms with Crippen molar-refractivity contribution >= 4 is 11.6 Å². The Morgan fingerprint density at radius 1 is 1.55 bits per heavy atom. The third-order valence-electron chi connectivity index (χ3n) is 3.11. The summed E-state index contributed by atoms with van der Waals surface area (Å²) in [6, 6.07) is 4.43. The molecule has 0 bridgehead atoms. The van der Waals surface area contributed by atoms with Crippen LogP contribution in [-0.2, 0) is 4.79 Å². The molecule has 1 heterocycles. The first-order valence-corrected chi connectivity index (χ1v) is 6.75. The average molecular weight is 304 g/mol. The van der Waals surface area contributed by atoms with Crippen LogP contribution in [0, 0.1) is 11.2 Å². The molecule has 0 aliphatic heterocycles. The van der Waals surface area contributed by atoms with Crippen molar-refractivity contribution in [2.45, 2.75) is 19.4 Å². The van der Waals surface area contributed by atoms with Gasteiger partial charge in [-0.1, -0.05) is 6.07 Å². The minimum absolute atomic E-state index is 0.0319. The van der Waals surface area contributed by atoms with E-state index in [-0.39, 0.29) is 24.6 Å². The molecule has 0 saturated carbocycles. The van der Waals surface area contributed by atoms with Crippen molar-refractivity contribution in [3.05, 3.63) is 48.3 Å². The highest BCUT2D eigenvalue weighted by atomic mass is 19.1. The van der Waals surface area contributed by atoms with Crippen LogP contribution in [0.3, 0.4) is 0 Å². The van der Waals surface area contributed by atoms with Gasteiger partial charge in [-0.05, 0) is 17.7 Å². The van der Waals surface area contributed by atoms with E-state index >= 15 is 0 Å². The summed E-state index contributed by atoms with van der Waals surface area (Å²) in [5, 5.41) is 20.1. The lowest BCUT2D eigenvalue weighted by atomic mass is 10.0. The Labute approximate surface area is 127 Å². The molecule has 1 aromatic carbocycles. The molecule has 1 amide bonds. The summed E-state index contributed by atoms with van der Waals surface area (Å²) in [4.78, 5) is 14.6. The molecule has 2 rings (SSSR count). The quantitative estimate of drug-likeness (QED) is 0.702. The number of aliphatic hydroxyl groups is 1. The van der Waals surface area contributed by atoms with Crippen molar-refractivity contribution in [3.63, 3.8) is 0 Å². The van der Waals surface area contributed by atoms with Gasteiger partial charge in [-0.3, -0.25) is 4.79 Å². The minimum atomic E-state index is -0.882. The molecule has 22 heavy (non-hydrogen) atoms. The van der Waals surface area contributed by atoms with E-state index in [0.717, 1.165) is 0 Å². The molecular formula is C15H17FN4O2. The fourth-order valence-electron chi connectivity index (χ4n) is 1.99. The van der Waals surface area contributed by atoms with Crippen molar-refractivity contribution in [2.24, 2.45) is 0 Å². The Morgan fingerprint density at radius 2 is 2.32 bits per heavy atom. The van der Waals surface area contributed by atoms with E-state index in [4.69, 9.17) is 5.41 Å². The molecule has 1 atom stereocenters. The van der Waals surface area contributed by atoms with Crippen LogP contribution in [0.25, 0.3) is 5.69 Å². The van der Waals surface area contributed by atoms with E-state index < -0.39 is 11.9 Å². The Bertz CT molecular complexity index is 670. The maximum absolute atomic E-state index is 14.1. The second-order valence-corrected chi connectivity index (χ2v) is 4.91. The maximum atomic E-state index is 14.1. The first kappa shape index (κ1) is 15.8. The smallest absolute Gasteiger partial charge is 0.216 e. The van der Waals surface area contributed by atoms with Gasteiger partial charge in [-0.2, -0.15) is 0 Å². The normalized spacial score (nSPS) is 12.0. The lowest BCUT2D eigenvalue weighted by Crippen LogP contribution is -2.31. The van der Waals surface area contributed by atoms with E-state index in [1.165, 1.54) is 23.9 Å². The topological polar surface area (TPSA) is 91.0 Å². The monoisotopic (exact) mass is 304 g/mol. The summed E-state index contributed by atoms with van der Waals surface area (Å²) in [6.45, 7) is 1.41. The SMILES string of the molecule is CC(=O)NCC(O)CC(=N)c1ccc(-n2ccnc2)c(F)c1. The molecule has 1 aromatic heterocycles. The van der Waals surface area contributed by atoms with Crippen molar-refractivity contribution in [3.8, 4) is 5.69 Å². The molecular weight excluding hydrogens is 287 g/mol. The number of nitrogens with one attached hydrogen (secondary N) is 2. The summed E-state index contributed by atoms with van der Waals surface area (Å²) in [7, 11) is 0. The second kappa shape index (κ2) is 6.95. The Balaban J connectivity index is 2.05. The number of halogens is 1. The van der Waals surface area contributed by atoms with Gasteiger partial charge in [-0.15, -0.1) is 0 Å². The molecule has 6 nitrogen and oxygen atoms in total. The number of hydrogen-bond acceptors (Lipinski definition) is 4. The molecule has 0 aliphatic carbocycles. The summed E-state index contributed by atoms with van der Waals surface area (Å²) in [5.74, 6) is -0.724. The number of amides is 1. The fourth-order valence-corrected chi connectivity index (χ4v) is 1.99. The number of nitrogens with zero attached hydrogens (tertiary/aromatic N) is 2. The highest BCUT2D eigenvalue weighted by Crippen LogP contribution is 2.16. The Kier molecular flexibility index (Phi) is 5.00. The van der Waals surface area contributed by atoms with Gasteiger partial charge in [0.2, 0.25) is 5.91 Å². The standard InChI is InChI=1S/C15H17FN4O2/c1-10(21)19-8-12(22)7-14(17)11-2-3-15(13(16)6-11)20-5-4-18-9-20/h2-6,9,12,17,22H,7-8H2,1H3,(H,19,21). The summed E-state index contributed by atoms with van der Waals surface area (Å²) in [5.41, 5.74) is 0.838. The Hall–Kier alpha value is -2.54. The van der Waals surface area contributed by atoms with Gasteiger partial charge in [-0.25, -0.2) is 9.37 Å². The van der Waals surface area contributed by atoms with E-state index in [1.807, 2.05) is 0 Å². The number of imidazole rings is 1. The predicted octanol–water partition coefficient (Wildman–Crippen LogP) is 1.27. The zero-order valence-electron chi connectivity index (χ0n) is 12.1. The van der Waals surface area contributed by atoms with Gasteiger partial charge in [0, 0.05) is 38.0 Å². The van der Waals surface area contributed by atoms with Crippen LogP contribution >= 0.6 is 0 Å². The number of carbonyl (C=O) groups is 1. The predicted molar refractivity (Wildman–Crippen MR) is 79.7 cm³/mol. The van der Waals surface area contributed by atoms with Gasteiger partial charge in [0.1, 0.15) is 5.82 Å². The van der Waals surface area contributed by atoms with Crippen LogP contribution in [0.2, 0.25) is 0 Å². The molecule has 7 heteroatoms. The molecule has 0 radical (unpaired) electrons. The number of aliphatic hydroxyl groups excluding tert-OH is 1. The maximum Gasteiger partial charge on any atom is 0.216 e. The number of rotatable bonds is 6. The van der Waals surface area contributed by atoms with E-state index in [0.29, 0.717) is 11.3 Å². The highest BCUT2D eigenvalue weighted by molar-refractivity contribution is 5.98. The molecule has 0 fully saturated rings. The van der Waals surface area contributed by atoms with Gasteiger partial charge in [0.25, 0.3) is 0 Å². The highest BCUT2D eigenvalue weighted by Gasteiger charge is 2.12.